The fourth-order valence-corrected chi connectivity index (χ4v) is 2.64. The number of carbonyl (C=O) groups is 3. The van der Waals surface area contributed by atoms with Gasteiger partial charge in [-0.2, -0.15) is 10.5 Å². The van der Waals surface area contributed by atoms with Gasteiger partial charge in [-0.3, -0.25) is 14.4 Å². The highest BCUT2D eigenvalue weighted by Gasteiger charge is 2.20. The Morgan fingerprint density at radius 1 is 1.16 bits per heavy atom. The number of nitrogens with two attached hydrogens (primary N) is 1. The second-order valence-corrected chi connectivity index (χ2v) is 6.38. The molecule has 1 aromatic carbocycles. The number of nitrogens with one attached hydrogen (secondary N) is 3. The van der Waals surface area contributed by atoms with E-state index >= 15 is 0 Å². The van der Waals surface area contributed by atoms with Gasteiger partial charge < -0.3 is 21.7 Å². The third-order valence-corrected chi connectivity index (χ3v) is 4.07. The lowest BCUT2D eigenvalue weighted by atomic mass is 10.0. The molecule has 2 aromatic rings. The van der Waals surface area contributed by atoms with Gasteiger partial charge in [0, 0.05) is 12.3 Å². The molecule has 0 radical (unpaired) electrons. The quantitative estimate of drug-likeness (QED) is 0.387. The van der Waals surface area contributed by atoms with Crippen molar-refractivity contribution in [1.82, 2.24) is 10.3 Å². The molecule has 2 rings (SSSR count). The predicted molar refractivity (Wildman–Crippen MR) is 112 cm³/mol. The third-order valence-electron chi connectivity index (χ3n) is 4.07. The highest BCUT2D eigenvalue weighted by molar-refractivity contribution is 6.12. The molecule has 0 aliphatic rings. The molecule has 1 aromatic heterocycles. The van der Waals surface area contributed by atoms with Gasteiger partial charge in [0.15, 0.2) is 0 Å². The summed E-state index contributed by atoms with van der Waals surface area (Å²) in [4.78, 5) is 41.0. The van der Waals surface area contributed by atoms with Gasteiger partial charge in [0.2, 0.25) is 5.91 Å². The lowest BCUT2D eigenvalue weighted by Crippen LogP contribution is -2.28. The highest BCUT2D eigenvalue weighted by Crippen LogP contribution is 2.24. The third kappa shape index (κ3) is 5.89. The number of pyridine rings is 1. The van der Waals surface area contributed by atoms with Gasteiger partial charge in [0.1, 0.15) is 18.1 Å². The second kappa shape index (κ2) is 10.2. The number of nitrogens with zero attached hydrogens (tertiary/aromatic N) is 3. The first-order valence-electron chi connectivity index (χ1n) is 8.97. The number of rotatable bonds is 7. The van der Waals surface area contributed by atoms with Crippen molar-refractivity contribution >= 4 is 29.2 Å². The minimum Gasteiger partial charge on any atom is -0.366 e. The molecule has 10 heteroatoms. The first-order chi connectivity index (χ1) is 14.8. The summed E-state index contributed by atoms with van der Waals surface area (Å²) in [6.07, 6.45) is 2.41. The van der Waals surface area contributed by atoms with Crippen molar-refractivity contribution < 1.29 is 14.4 Å². The Balaban J connectivity index is 2.44. The van der Waals surface area contributed by atoms with Crippen LogP contribution in [0.2, 0.25) is 0 Å². The summed E-state index contributed by atoms with van der Waals surface area (Å²) < 4.78 is 0. The molecule has 156 valence electrons. The number of primary amides is 1. The van der Waals surface area contributed by atoms with Crippen LogP contribution in [-0.2, 0) is 9.59 Å². The van der Waals surface area contributed by atoms with E-state index in [9.17, 15) is 19.6 Å². The molecular weight excluding hydrogens is 398 g/mol. The Bertz CT molecular complexity index is 1160. The van der Waals surface area contributed by atoms with Gasteiger partial charge in [0.25, 0.3) is 11.8 Å². The van der Waals surface area contributed by atoms with Crippen molar-refractivity contribution in [3.05, 3.63) is 64.5 Å². The molecule has 10 nitrogen and oxygen atoms in total. The molecule has 5 N–H and O–H groups in total. The molecule has 0 bridgehead atoms. The summed E-state index contributed by atoms with van der Waals surface area (Å²) in [5.74, 6) is -1.93. The smallest absolute Gasteiger partial charge is 0.272 e. The summed E-state index contributed by atoms with van der Waals surface area (Å²) in [6.45, 7) is 3.11. The normalized spacial score (nSPS) is 10.4. The summed E-state index contributed by atoms with van der Waals surface area (Å²) in [5, 5.41) is 25.6. The van der Waals surface area contributed by atoms with Gasteiger partial charge in [-0.25, -0.2) is 4.98 Å². The molecule has 0 fully saturated rings. The van der Waals surface area contributed by atoms with E-state index in [1.807, 2.05) is 6.07 Å². The first-order valence-corrected chi connectivity index (χ1v) is 8.97. The van der Waals surface area contributed by atoms with Crippen LogP contribution < -0.4 is 21.7 Å². The van der Waals surface area contributed by atoms with Crippen LogP contribution in [0.25, 0.3) is 0 Å². The number of benzene rings is 1. The fraction of sp³-hybridized carbons (Fsp3) is 0.143. The Labute approximate surface area is 178 Å². The van der Waals surface area contributed by atoms with E-state index in [1.165, 1.54) is 18.3 Å². The van der Waals surface area contributed by atoms with E-state index < -0.39 is 17.7 Å². The number of nitriles is 2. The van der Waals surface area contributed by atoms with Crippen LogP contribution in [0.1, 0.15) is 27.0 Å². The number of aromatic nitrogens is 1. The molecule has 0 aliphatic carbocycles. The van der Waals surface area contributed by atoms with Crippen molar-refractivity contribution in [1.29, 1.82) is 10.5 Å². The predicted octanol–water partition coefficient (Wildman–Crippen LogP) is 1.24. The molecule has 0 saturated heterocycles. The van der Waals surface area contributed by atoms with Crippen LogP contribution in [0.4, 0.5) is 11.5 Å². The zero-order valence-corrected chi connectivity index (χ0v) is 16.8. The molecule has 0 spiro atoms. The minimum absolute atomic E-state index is 0.00686. The Kier molecular flexibility index (Phi) is 7.42. The minimum atomic E-state index is -0.866. The monoisotopic (exact) mass is 417 g/mol. The Morgan fingerprint density at radius 3 is 2.52 bits per heavy atom. The molecule has 3 amide bonds. The van der Waals surface area contributed by atoms with Crippen molar-refractivity contribution in [3.63, 3.8) is 0 Å². The second-order valence-electron chi connectivity index (χ2n) is 6.38. The van der Waals surface area contributed by atoms with Crippen molar-refractivity contribution in [2.75, 3.05) is 17.2 Å². The van der Waals surface area contributed by atoms with E-state index in [4.69, 9.17) is 11.0 Å². The van der Waals surface area contributed by atoms with Crippen LogP contribution in [0, 0.1) is 36.5 Å². The molecule has 0 saturated carbocycles. The SMILES string of the molecule is Cc1cccnc1N/C(=C\C(N)=O)C(=O)Nc1c(C)cc(C#N)cc1C(=O)NCC#N. The molecule has 0 unspecified atom stereocenters. The molecule has 0 aliphatic heterocycles. The Hall–Kier alpha value is -4.70. The van der Waals surface area contributed by atoms with E-state index in [2.05, 4.69) is 20.9 Å². The van der Waals surface area contributed by atoms with E-state index in [1.54, 1.807) is 32.0 Å². The van der Waals surface area contributed by atoms with Gasteiger partial charge >= 0.3 is 0 Å². The zero-order valence-electron chi connectivity index (χ0n) is 16.8. The number of carbonyl (C=O) groups excluding carboxylic acids is 3. The number of hydrogen-bond acceptors (Lipinski definition) is 7. The molecular formula is C21H19N7O3. The lowest BCUT2D eigenvalue weighted by Gasteiger charge is -2.16. The maximum atomic E-state index is 12.9. The summed E-state index contributed by atoms with van der Waals surface area (Å²) in [6, 6.07) is 9.98. The van der Waals surface area contributed by atoms with Crippen LogP contribution in [-0.4, -0.2) is 29.3 Å². The average molecular weight is 417 g/mol. The summed E-state index contributed by atoms with van der Waals surface area (Å²) >= 11 is 0. The van der Waals surface area contributed by atoms with Crippen LogP contribution in [0.3, 0.4) is 0 Å². The lowest BCUT2D eigenvalue weighted by molar-refractivity contribution is -0.115. The average Bonchev–Trinajstić information content (AvgIpc) is 2.73. The van der Waals surface area contributed by atoms with Gasteiger partial charge in [-0.05, 0) is 43.2 Å². The van der Waals surface area contributed by atoms with E-state index in [0.717, 1.165) is 11.6 Å². The molecule has 0 atom stereocenters. The van der Waals surface area contributed by atoms with Gasteiger partial charge in [-0.15, -0.1) is 0 Å². The standard InChI is InChI=1S/C21H19N7O3/c1-12-4-3-6-25-19(12)27-16(10-17(24)29)21(31)28-18-13(2)8-14(11-23)9-15(18)20(30)26-7-5-22/h3-4,6,8-10H,7H2,1-2H3,(H2,24,29)(H,25,27)(H,26,30)(H,28,31)/b16-10-. The number of hydrogen-bond donors (Lipinski definition) is 4. The topological polar surface area (TPSA) is 174 Å². The van der Waals surface area contributed by atoms with Crippen molar-refractivity contribution in [2.24, 2.45) is 5.73 Å². The van der Waals surface area contributed by atoms with Crippen LogP contribution in [0.15, 0.2) is 42.2 Å². The van der Waals surface area contributed by atoms with Crippen molar-refractivity contribution in [2.45, 2.75) is 13.8 Å². The maximum absolute atomic E-state index is 12.9. The fourth-order valence-electron chi connectivity index (χ4n) is 2.64. The van der Waals surface area contributed by atoms with Crippen molar-refractivity contribution in [3.8, 4) is 12.1 Å². The molecule has 31 heavy (non-hydrogen) atoms. The number of anilines is 2. The highest BCUT2D eigenvalue weighted by atomic mass is 16.2. The number of aryl methyl sites for hydroxylation is 2. The number of amides is 3. The van der Waals surface area contributed by atoms with E-state index in [-0.39, 0.29) is 29.1 Å². The molecule has 1 heterocycles. The van der Waals surface area contributed by atoms with Crippen LogP contribution >= 0.6 is 0 Å². The van der Waals surface area contributed by atoms with Gasteiger partial charge in [-0.1, -0.05) is 6.07 Å². The first kappa shape index (κ1) is 22.6. The van der Waals surface area contributed by atoms with E-state index in [0.29, 0.717) is 11.4 Å². The van der Waals surface area contributed by atoms with Crippen LogP contribution in [0.5, 0.6) is 0 Å². The zero-order chi connectivity index (χ0) is 23.0. The summed E-state index contributed by atoms with van der Waals surface area (Å²) in [5.41, 5.74) is 6.50. The maximum Gasteiger partial charge on any atom is 0.272 e. The Morgan fingerprint density at radius 2 is 1.90 bits per heavy atom. The largest absolute Gasteiger partial charge is 0.366 e. The van der Waals surface area contributed by atoms with Gasteiger partial charge in [0.05, 0.1) is 29.0 Å². The summed E-state index contributed by atoms with van der Waals surface area (Å²) in [7, 11) is 0.